The van der Waals surface area contributed by atoms with Crippen molar-refractivity contribution in [3.63, 3.8) is 0 Å². The van der Waals surface area contributed by atoms with Crippen molar-refractivity contribution >= 4 is 39.3 Å². The first-order valence-corrected chi connectivity index (χ1v) is 13.9. The molecule has 3 rings (SSSR count). The van der Waals surface area contributed by atoms with E-state index in [1.165, 1.54) is 17.0 Å². The van der Waals surface area contributed by atoms with Crippen LogP contribution < -0.4 is 5.32 Å². The van der Waals surface area contributed by atoms with Gasteiger partial charge < -0.3 is 10.2 Å². The van der Waals surface area contributed by atoms with E-state index in [1.807, 2.05) is 26.8 Å². The van der Waals surface area contributed by atoms with E-state index in [0.29, 0.717) is 17.0 Å². The SMILES string of the molecule is CC[C@H](C)NC(=O)[C@H](CC)N(Cc1ccccc1Cl)C(=O)CCCN1C(=O)c2ccccc2S1(=O)=O. The normalized spacial score (nSPS) is 15.8. The molecular weight excluding hydrogens is 502 g/mol. The summed E-state index contributed by atoms with van der Waals surface area (Å²) in [5, 5.41) is 3.43. The predicted molar refractivity (Wildman–Crippen MR) is 138 cm³/mol. The minimum atomic E-state index is -3.94. The molecule has 0 spiro atoms. The standard InChI is InChI=1S/C26H32ClN3O5S/c1-4-18(3)28-25(32)22(5-2)29(17-19-11-6-8-13-21(19)27)24(31)15-10-16-30-26(33)20-12-7-9-14-23(20)36(30,34)35/h6-9,11-14,18,22H,4-5,10,15-17H2,1-3H3,(H,28,32)/t18-,22-/m0/s1. The second-order valence-electron chi connectivity index (χ2n) is 8.84. The number of hydrogen-bond donors (Lipinski definition) is 1. The molecule has 2 aromatic rings. The molecule has 0 unspecified atom stereocenters. The maximum atomic E-state index is 13.4. The number of sulfonamides is 1. The van der Waals surface area contributed by atoms with Crippen molar-refractivity contribution in [2.24, 2.45) is 0 Å². The van der Waals surface area contributed by atoms with Crippen LogP contribution in [0.15, 0.2) is 53.4 Å². The zero-order valence-corrected chi connectivity index (χ0v) is 22.3. The summed E-state index contributed by atoms with van der Waals surface area (Å²) in [6, 6.07) is 12.4. The molecule has 194 valence electrons. The number of rotatable bonds is 11. The van der Waals surface area contributed by atoms with E-state index in [9.17, 15) is 22.8 Å². The summed E-state index contributed by atoms with van der Waals surface area (Å²) in [4.78, 5) is 40.6. The van der Waals surface area contributed by atoms with Crippen molar-refractivity contribution in [3.05, 3.63) is 64.7 Å². The van der Waals surface area contributed by atoms with Crippen LogP contribution in [0.4, 0.5) is 0 Å². The van der Waals surface area contributed by atoms with E-state index in [2.05, 4.69) is 5.32 Å². The number of halogens is 1. The molecule has 36 heavy (non-hydrogen) atoms. The van der Waals surface area contributed by atoms with Crippen LogP contribution in [-0.4, -0.2) is 54.0 Å². The van der Waals surface area contributed by atoms with Crippen LogP contribution in [0.25, 0.3) is 0 Å². The van der Waals surface area contributed by atoms with Crippen LogP contribution in [0.1, 0.15) is 62.4 Å². The van der Waals surface area contributed by atoms with Crippen molar-refractivity contribution < 1.29 is 22.8 Å². The Kier molecular flexibility index (Phi) is 9.13. The maximum Gasteiger partial charge on any atom is 0.269 e. The molecular formula is C26H32ClN3O5S. The molecule has 0 saturated heterocycles. The molecule has 2 aromatic carbocycles. The van der Waals surface area contributed by atoms with Gasteiger partial charge in [-0.15, -0.1) is 0 Å². The molecule has 0 saturated carbocycles. The molecule has 0 aromatic heterocycles. The zero-order valence-electron chi connectivity index (χ0n) is 20.7. The Morgan fingerprint density at radius 2 is 1.72 bits per heavy atom. The zero-order chi connectivity index (χ0) is 26.5. The fraction of sp³-hybridized carbons (Fsp3) is 0.423. The molecule has 1 N–H and O–H groups in total. The fourth-order valence-corrected chi connectivity index (χ4v) is 5.94. The van der Waals surface area contributed by atoms with E-state index in [4.69, 9.17) is 11.6 Å². The first-order valence-electron chi connectivity index (χ1n) is 12.1. The molecule has 0 fully saturated rings. The van der Waals surface area contributed by atoms with Gasteiger partial charge in [-0.25, -0.2) is 12.7 Å². The van der Waals surface area contributed by atoms with Gasteiger partial charge >= 0.3 is 0 Å². The molecule has 2 atom stereocenters. The van der Waals surface area contributed by atoms with Gasteiger partial charge in [-0.1, -0.05) is 55.8 Å². The smallest absolute Gasteiger partial charge is 0.269 e. The van der Waals surface area contributed by atoms with E-state index in [0.717, 1.165) is 10.7 Å². The highest BCUT2D eigenvalue weighted by Crippen LogP contribution is 2.30. The van der Waals surface area contributed by atoms with E-state index in [1.54, 1.807) is 30.3 Å². The van der Waals surface area contributed by atoms with Crippen LogP contribution in [0.5, 0.6) is 0 Å². The van der Waals surface area contributed by atoms with Crippen molar-refractivity contribution in [2.75, 3.05) is 6.54 Å². The molecule has 1 aliphatic rings. The highest BCUT2D eigenvalue weighted by Gasteiger charge is 2.40. The first-order chi connectivity index (χ1) is 17.1. The summed E-state index contributed by atoms with van der Waals surface area (Å²) in [6.45, 7) is 5.70. The minimum Gasteiger partial charge on any atom is -0.352 e. The summed E-state index contributed by atoms with van der Waals surface area (Å²) in [6.07, 6.45) is 1.24. The number of nitrogens with one attached hydrogen (secondary N) is 1. The quantitative estimate of drug-likeness (QED) is 0.470. The molecule has 8 nitrogen and oxygen atoms in total. The van der Waals surface area contributed by atoms with Gasteiger partial charge in [-0.2, -0.15) is 0 Å². The molecule has 1 heterocycles. The van der Waals surface area contributed by atoms with Gasteiger partial charge in [0, 0.05) is 30.6 Å². The summed E-state index contributed by atoms with van der Waals surface area (Å²) in [5.41, 5.74) is 0.840. The Hall–Kier alpha value is -2.91. The van der Waals surface area contributed by atoms with Crippen LogP contribution in [0.3, 0.4) is 0 Å². The van der Waals surface area contributed by atoms with Gasteiger partial charge in [-0.3, -0.25) is 14.4 Å². The molecule has 3 amide bonds. The molecule has 0 aliphatic carbocycles. The number of hydrogen-bond acceptors (Lipinski definition) is 5. The van der Waals surface area contributed by atoms with Gasteiger partial charge in [0.05, 0.1) is 5.56 Å². The van der Waals surface area contributed by atoms with Crippen LogP contribution in [-0.2, 0) is 26.2 Å². The fourth-order valence-electron chi connectivity index (χ4n) is 4.14. The van der Waals surface area contributed by atoms with E-state index in [-0.39, 0.29) is 54.2 Å². The predicted octanol–water partition coefficient (Wildman–Crippen LogP) is 3.99. The summed E-state index contributed by atoms with van der Waals surface area (Å²) in [7, 11) is -3.94. The van der Waals surface area contributed by atoms with Crippen LogP contribution in [0, 0.1) is 0 Å². The van der Waals surface area contributed by atoms with E-state index >= 15 is 0 Å². The molecule has 0 bridgehead atoms. The van der Waals surface area contributed by atoms with Crippen molar-refractivity contribution in [2.45, 2.75) is 70.0 Å². The monoisotopic (exact) mass is 533 g/mol. The lowest BCUT2D eigenvalue weighted by atomic mass is 10.1. The van der Waals surface area contributed by atoms with Crippen LogP contribution in [0.2, 0.25) is 5.02 Å². The summed E-state index contributed by atoms with van der Waals surface area (Å²) in [5.74, 6) is -1.16. The summed E-state index contributed by atoms with van der Waals surface area (Å²) >= 11 is 6.34. The second kappa shape index (κ2) is 11.9. The van der Waals surface area contributed by atoms with Crippen molar-refractivity contribution in [1.29, 1.82) is 0 Å². The number of fused-ring (bicyclic) bond motifs is 1. The maximum absolute atomic E-state index is 13.4. The average Bonchev–Trinajstić information content (AvgIpc) is 3.05. The van der Waals surface area contributed by atoms with Crippen molar-refractivity contribution in [3.8, 4) is 0 Å². The number of carbonyl (C=O) groups excluding carboxylic acids is 3. The Morgan fingerprint density at radius 1 is 1.06 bits per heavy atom. The Balaban J connectivity index is 1.76. The van der Waals surface area contributed by atoms with Crippen LogP contribution >= 0.6 is 11.6 Å². The lowest BCUT2D eigenvalue weighted by molar-refractivity contribution is -0.141. The third-order valence-electron chi connectivity index (χ3n) is 6.35. The average molecular weight is 534 g/mol. The second-order valence-corrected chi connectivity index (χ2v) is 11.1. The Morgan fingerprint density at radius 3 is 2.36 bits per heavy atom. The Bertz CT molecular complexity index is 1230. The lowest BCUT2D eigenvalue weighted by Gasteiger charge is -2.32. The highest BCUT2D eigenvalue weighted by molar-refractivity contribution is 7.90. The molecule has 10 heteroatoms. The molecule has 0 radical (unpaired) electrons. The molecule has 1 aliphatic heterocycles. The summed E-state index contributed by atoms with van der Waals surface area (Å²) < 4.78 is 26.4. The topological polar surface area (TPSA) is 104 Å². The minimum absolute atomic E-state index is 0.0190. The number of nitrogens with zero attached hydrogens (tertiary/aromatic N) is 2. The first kappa shape index (κ1) is 27.7. The number of amides is 3. The van der Waals surface area contributed by atoms with Gasteiger partial charge in [0.1, 0.15) is 10.9 Å². The van der Waals surface area contributed by atoms with E-state index < -0.39 is 22.0 Å². The van der Waals surface area contributed by atoms with Gasteiger partial charge in [0.2, 0.25) is 11.8 Å². The van der Waals surface area contributed by atoms with Gasteiger partial charge in [-0.05, 0) is 49.9 Å². The van der Waals surface area contributed by atoms with Gasteiger partial charge in [0.15, 0.2) is 0 Å². The largest absolute Gasteiger partial charge is 0.352 e. The number of carbonyl (C=O) groups is 3. The lowest BCUT2D eigenvalue weighted by Crippen LogP contribution is -2.50. The third kappa shape index (κ3) is 5.90. The van der Waals surface area contributed by atoms with Crippen molar-refractivity contribution in [1.82, 2.24) is 14.5 Å². The van der Waals surface area contributed by atoms with Gasteiger partial charge in [0.25, 0.3) is 15.9 Å². The number of benzene rings is 2. The Labute approximate surface area is 217 Å². The third-order valence-corrected chi connectivity index (χ3v) is 8.56. The highest BCUT2D eigenvalue weighted by atomic mass is 35.5.